The number of hydrogen-bond acceptors (Lipinski definition) is 3. The molecule has 78 valence electrons. The Labute approximate surface area is 133 Å². The van der Waals surface area contributed by atoms with Gasteiger partial charge in [0.2, 0.25) is 0 Å². The summed E-state index contributed by atoms with van der Waals surface area (Å²) in [5.41, 5.74) is -0.0820. The molecule has 8 heteroatoms. The zero-order chi connectivity index (χ0) is 10.8. The first-order valence-corrected chi connectivity index (χ1v) is 4.80. The number of halogens is 3. The molecule has 0 unspecified atom stereocenters. The van der Waals surface area contributed by atoms with Gasteiger partial charge >= 0.3 is 58.4 Å². The van der Waals surface area contributed by atoms with E-state index in [0.29, 0.717) is 5.69 Å². The Balaban J connectivity index is 0.00000196. The van der Waals surface area contributed by atoms with Crippen LogP contribution in [0.15, 0.2) is 28.0 Å². The molecule has 0 aliphatic carbocycles. The zero-order valence-electron chi connectivity index (χ0n) is 8.47. The van der Waals surface area contributed by atoms with Gasteiger partial charge in [-0.2, -0.15) is 0 Å². The van der Waals surface area contributed by atoms with Gasteiger partial charge in [-0.25, -0.2) is 4.98 Å². The molecule has 1 aromatic rings. The van der Waals surface area contributed by atoms with Gasteiger partial charge in [-0.15, -0.1) is 12.1 Å². The van der Waals surface area contributed by atoms with Gasteiger partial charge < -0.3 is 17.4 Å². The third kappa shape index (κ3) is 5.60. The van der Waals surface area contributed by atoms with Gasteiger partial charge in [0.25, 0.3) is 5.22 Å². The fourth-order valence-electron chi connectivity index (χ4n) is 0.648. The minimum Gasteiger partial charge on any atom is -0.445 e. The SMILES string of the molecule is C=C(CSc1nc(C)co1)[B-](F)(F)F.[K+]. The van der Waals surface area contributed by atoms with Gasteiger partial charge in [-0.05, 0) is 12.7 Å². The van der Waals surface area contributed by atoms with E-state index in [2.05, 4.69) is 11.6 Å². The van der Waals surface area contributed by atoms with Crippen molar-refractivity contribution >= 4 is 18.7 Å². The summed E-state index contributed by atoms with van der Waals surface area (Å²) in [6.07, 6.45) is 1.39. The summed E-state index contributed by atoms with van der Waals surface area (Å²) in [7, 11) is 0. The van der Waals surface area contributed by atoms with Crippen LogP contribution in [0.25, 0.3) is 0 Å². The maximum absolute atomic E-state index is 12.1. The molecule has 15 heavy (non-hydrogen) atoms. The summed E-state index contributed by atoms with van der Waals surface area (Å²) < 4.78 is 41.0. The molecule has 1 heterocycles. The van der Waals surface area contributed by atoms with Crippen molar-refractivity contribution in [1.82, 2.24) is 4.98 Å². The molecular formula is C7H8BF3KNOS. The molecular weight excluding hydrogens is 253 g/mol. The van der Waals surface area contributed by atoms with E-state index < -0.39 is 12.4 Å². The first-order valence-electron chi connectivity index (χ1n) is 3.82. The van der Waals surface area contributed by atoms with Crippen molar-refractivity contribution in [1.29, 1.82) is 0 Å². The Morgan fingerprint density at radius 3 is 2.60 bits per heavy atom. The summed E-state index contributed by atoms with van der Waals surface area (Å²) in [4.78, 5) is 3.86. The van der Waals surface area contributed by atoms with Gasteiger partial charge in [0.1, 0.15) is 6.26 Å². The van der Waals surface area contributed by atoms with Crippen molar-refractivity contribution in [2.24, 2.45) is 0 Å². The Hall–Kier alpha value is 0.791. The predicted molar refractivity (Wildman–Crippen MR) is 50.2 cm³/mol. The standard InChI is InChI=1S/C7H8BF3NOS.K/c1-5(8(9,10)11)4-14-7-12-6(2)3-13-7;/h3H,1,4H2,2H3;/q-1;+1. The molecule has 0 bridgehead atoms. The zero-order valence-corrected chi connectivity index (χ0v) is 12.4. The van der Waals surface area contributed by atoms with Crippen LogP contribution in [0.5, 0.6) is 0 Å². The van der Waals surface area contributed by atoms with Crippen molar-refractivity contribution in [2.45, 2.75) is 12.1 Å². The van der Waals surface area contributed by atoms with Crippen LogP contribution >= 0.6 is 11.8 Å². The van der Waals surface area contributed by atoms with Gasteiger partial charge in [0.05, 0.1) is 5.69 Å². The second-order valence-electron chi connectivity index (χ2n) is 2.78. The van der Waals surface area contributed by atoms with Crippen molar-refractivity contribution in [3.8, 4) is 0 Å². The van der Waals surface area contributed by atoms with E-state index in [0.717, 1.165) is 11.8 Å². The molecule has 2 nitrogen and oxygen atoms in total. The molecule has 0 saturated heterocycles. The number of nitrogens with zero attached hydrogens (tertiary/aromatic N) is 1. The Bertz CT molecular complexity index is 341. The van der Waals surface area contributed by atoms with Crippen molar-refractivity contribution in [2.75, 3.05) is 5.75 Å². The number of thioether (sulfide) groups is 1. The normalized spacial score (nSPS) is 10.9. The summed E-state index contributed by atoms with van der Waals surface area (Å²) >= 11 is 0.895. The van der Waals surface area contributed by atoms with E-state index >= 15 is 0 Å². The van der Waals surface area contributed by atoms with Crippen LogP contribution < -0.4 is 51.4 Å². The molecule has 1 rings (SSSR count). The monoisotopic (exact) mass is 261 g/mol. The van der Waals surface area contributed by atoms with Crippen molar-refractivity contribution in [3.05, 3.63) is 24.0 Å². The van der Waals surface area contributed by atoms with Crippen LogP contribution in [0.4, 0.5) is 12.9 Å². The first kappa shape index (κ1) is 15.8. The second-order valence-corrected chi connectivity index (χ2v) is 3.70. The van der Waals surface area contributed by atoms with Gasteiger partial charge in [-0.1, -0.05) is 11.8 Å². The second kappa shape index (κ2) is 6.51. The third-order valence-electron chi connectivity index (χ3n) is 1.44. The molecule has 0 radical (unpaired) electrons. The van der Waals surface area contributed by atoms with E-state index in [1.807, 2.05) is 0 Å². The summed E-state index contributed by atoms with van der Waals surface area (Å²) in [6.45, 7) is -0.283. The van der Waals surface area contributed by atoms with Crippen molar-refractivity contribution in [3.63, 3.8) is 0 Å². The molecule has 0 spiro atoms. The average molecular weight is 261 g/mol. The van der Waals surface area contributed by atoms with Gasteiger partial charge in [0, 0.05) is 0 Å². The number of aromatic nitrogens is 1. The smallest absolute Gasteiger partial charge is 0.445 e. The van der Waals surface area contributed by atoms with E-state index in [-0.39, 0.29) is 62.4 Å². The maximum Gasteiger partial charge on any atom is 1.00 e. The fourth-order valence-corrected chi connectivity index (χ4v) is 1.47. The van der Waals surface area contributed by atoms with Crippen LogP contribution in [0.1, 0.15) is 5.69 Å². The van der Waals surface area contributed by atoms with E-state index in [9.17, 15) is 12.9 Å². The first-order chi connectivity index (χ1) is 6.39. The molecule has 0 amide bonds. The van der Waals surface area contributed by atoms with Crippen LogP contribution in [0, 0.1) is 6.92 Å². The van der Waals surface area contributed by atoms with E-state index in [4.69, 9.17) is 4.42 Å². The summed E-state index contributed by atoms with van der Waals surface area (Å²) in [5, 5.41) is 0.240. The van der Waals surface area contributed by atoms with Crippen molar-refractivity contribution < 1.29 is 68.7 Å². The van der Waals surface area contributed by atoms with Crippen LogP contribution in [-0.2, 0) is 0 Å². The maximum atomic E-state index is 12.1. The average Bonchev–Trinajstić information content (AvgIpc) is 2.45. The minimum atomic E-state index is -4.95. The molecule has 1 aromatic heterocycles. The molecule has 0 saturated carbocycles. The minimum absolute atomic E-state index is 0. The van der Waals surface area contributed by atoms with Crippen LogP contribution in [0.2, 0.25) is 0 Å². The quantitative estimate of drug-likeness (QED) is 0.564. The molecule has 0 N–H and O–H groups in total. The topological polar surface area (TPSA) is 26.0 Å². The number of hydrogen-bond donors (Lipinski definition) is 0. The predicted octanol–water partition coefficient (Wildman–Crippen LogP) is 0.0219. The number of rotatable bonds is 4. The van der Waals surface area contributed by atoms with Gasteiger partial charge in [-0.3, -0.25) is 0 Å². The Morgan fingerprint density at radius 2 is 2.20 bits per heavy atom. The molecule has 0 aromatic carbocycles. The molecule has 0 atom stereocenters. The molecule has 0 aliphatic rings. The largest absolute Gasteiger partial charge is 1.00 e. The number of aryl methyl sites for hydroxylation is 1. The summed E-state index contributed by atoms with van der Waals surface area (Å²) in [5.74, 6) is -0.233. The van der Waals surface area contributed by atoms with Crippen LogP contribution in [-0.4, -0.2) is 17.7 Å². The fraction of sp³-hybridized carbons (Fsp3) is 0.286. The van der Waals surface area contributed by atoms with Gasteiger partial charge in [0.15, 0.2) is 0 Å². The summed E-state index contributed by atoms with van der Waals surface area (Å²) in [6, 6.07) is 0. The third-order valence-corrected chi connectivity index (χ3v) is 2.39. The molecule has 0 aliphatic heterocycles. The van der Waals surface area contributed by atoms with E-state index in [1.54, 1.807) is 6.92 Å². The Morgan fingerprint density at radius 1 is 1.60 bits per heavy atom. The van der Waals surface area contributed by atoms with E-state index in [1.165, 1.54) is 6.26 Å². The van der Waals surface area contributed by atoms with Crippen LogP contribution in [0.3, 0.4) is 0 Å². The molecule has 0 fully saturated rings. The Kier molecular flexibility index (Phi) is 6.85. The number of oxazole rings is 1.